The molecule has 3 N–H and O–H groups in total. The molecule has 1 aliphatic rings. The zero-order chi connectivity index (χ0) is 19.5. The first-order valence-electron chi connectivity index (χ1n) is 10.7. The summed E-state index contributed by atoms with van der Waals surface area (Å²) in [7, 11) is 0. The number of hydrogen-bond acceptors (Lipinski definition) is 3. The van der Waals surface area contributed by atoms with Gasteiger partial charge in [0.2, 0.25) is 0 Å². The van der Waals surface area contributed by atoms with Gasteiger partial charge in [-0.15, -0.1) is 0 Å². The second-order valence-corrected chi connectivity index (χ2v) is 22.1. The zero-order valence-electron chi connectivity index (χ0n) is 17.4. The second kappa shape index (κ2) is 12.4. The molecule has 26 heavy (non-hydrogen) atoms. The normalized spacial score (nSPS) is 17.5. The van der Waals surface area contributed by atoms with E-state index in [1.54, 1.807) is 0 Å². The summed E-state index contributed by atoms with van der Waals surface area (Å²) in [5, 5.41) is 9.10. The van der Waals surface area contributed by atoms with E-state index < -0.39 is 24.5 Å². The van der Waals surface area contributed by atoms with Crippen molar-refractivity contribution in [3.63, 3.8) is 0 Å². The molecule has 1 aliphatic heterocycles. The van der Waals surface area contributed by atoms with E-state index in [4.69, 9.17) is 15.6 Å². The SMILES string of the molecule is CCC[CH2][Sn]([CH2]CCC)([CH2]CCC)[CH2]OCC1(N)CCN(C(=O)O)CC1. The van der Waals surface area contributed by atoms with Gasteiger partial charge in [-0.25, -0.2) is 0 Å². The van der Waals surface area contributed by atoms with Gasteiger partial charge in [-0.05, 0) is 0 Å². The van der Waals surface area contributed by atoms with Gasteiger partial charge < -0.3 is 0 Å². The number of carbonyl (C=O) groups is 1. The Bertz CT molecular complexity index is 377. The Balaban J connectivity index is 2.59. The van der Waals surface area contributed by atoms with Crippen molar-refractivity contribution in [1.82, 2.24) is 4.90 Å². The quantitative estimate of drug-likeness (QED) is 0.372. The third-order valence-corrected chi connectivity index (χ3v) is 20.4. The van der Waals surface area contributed by atoms with Gasteiger partial charge in [0.15, 0.2) is 0 Å². The number of hydrogen-bond donors (Lipinski definition) is 2. The van der Waals surface area contributed by atoms with E-state index in [2.05, 4.69) is 20.8 Å². The molecule has 1 amide bonds. The number of rotatable bonds is 13. The fourth-order valence-corrected chi connectivity index (χ4v) is 18.4. The van der Waals surface area contributed by atoms with Crippen molar-refractivity contribution in [2.75, 3.05) is 24.3 Å². The number of likely N-dealkylation sites (tertiary alicyclic amines) is 1. The molecule has 0 atom stereocenters. The average Bonchev–Trinajstić information content (AvgIpc) is 2.63. The van der Waals surface area contributed by atoms with Gasteiger partial charge in [0.25, 0.3) is 0 Å². The van der Waals surface area contributed by atoms with Gasteiger partial charge >= 0.3 is 165 Å². The van der Waals surface area contributed by atoms with E-state index in [9.17, 15) is 4.79 Å². The molecule has 0 aliphatic carbocycles. The van der Waals surface area contributed by atoms with Crippen LogP contribution in [0.15, 0.2) is 0 Å². The first-order valence-corrected chi connectivity index (χ1v) is 18.8. The maximum absolute atomic E-state index is 11.1. The third kappa shape index (κ3) is 8.34. The summed E-state index contributed by atoms with van der Waals surface area (Å²) in [6.45, 7) is 8.55. The summed E-state index contributed by atoms with van der Waals surface area (Å²) in [4.78, 5) is 12.5. The summed E-state index contributed by atoms with van der Waals surface area (Å²) < 4.78 is 11.7. The van der Waals surface area contributed by atoms with Crippen LogP contribution in [-0.4, -0.2) is 64.3 Å². The molecule has 1 fully saturated rings. The first-order chi connectivity index (χ1) is 12.4. The van der Waals surface area contributed by atoms with Crippen molar-refractivity contribution in [3.8, 4) is 0 Å². The van der Waals surface area contributed by atoms with Crippen LogP contribution in [0.5, 0.6) is 0 Å². The molecule has 0 aromatic rings. The summed E-state index contributed by atoms with van der Waals surface area (Å²) in [6.07, 6.45) is 8.49. The standard InChI is InChI=1S/C8H15N2O3.3C4H9.Sn/c1-13-6-8(9)2-4-10(5-3-8)7(11)12;3*1-3-4-2;/h1-6,9H2,(H,11,12);3*1,3-4H2,2H3;. The molecule has 1 saturated heterocycles. The molecule has 1 rings (SSSR count). The van der Waals surface area contributed by atoms with Gasteiger partial charge in [0, 0.05) is 0 Å². The number of unbranched alkanes of at least 4 members (excludes halogenated alkanes) is 3. The van der Waals surface area contributed by atoms with Crippen molar-refractivity contribution in [2.24, 2.45) is 5.73 Å². The molecule has 154 valence electrons. The Morgan fingerprint density at radius 2 is 1.50 bits per heavy atom. The molecule has 0 unspecified atom stereocenters. The van der Waals surface area contributed by atoms with E-state index >= 15 is 0 Å². The first kappa shape index (κ1) is 24.0. The van der Waals surface area contributed by atoms with E-state index in [0.717, 1.165) is 4.62 Å². The van der Waals surface area contributed by atoms with Crippen LogP contribution >= 0.6 is 0 Å². The van der Waals surface area contributed by atoms with Crippen molar-refractivity contribution < 1.29 is 14.6 Å². The molecular formula is C20H42N2O3Sn. The Hall–Kier alpha value is -0.0113. The van der Waals surface area contributed by atoms with Crippen LogP contribution in [0.4, 0.5) is 4.79 Å². The van der Waals surface area contributed by atoms with Crippen molar-refractivity contribution in [3.05, 3.63) is 0 Å². The van der Waals surface area contributed by atoms with Crippen molar-refractivity contribution in [2.45, 2.75) is 91.0 Å². The molecule has 1 heterocycles. The van der Waals surface area contributed by atoms with Crippen molar-refractivity contribution >= 4 is 24.5 Å². The topological polar surface area (TPSA) is 75.8 Å². The van der Waals surface area contributed by atoms with Crippen LogP contribution in [0.25, 0.3) is 0 Å². The number of piperidine rings is 1. The number of ether oxygens (including phenoxy) is 1. The fourth-order valence-electron chi connectivity index (χ4n) is 4.01. The number of nitrogens with two attached hydrogens (primary N) is 1. The second-order valence-electron chi connectivity index (χ2n) is 8.44. The summed E-state index contributed by atoms with van der Waals surface area (Å²) in [5.41, 5.74) is 6.19. The Morgan fingerprint density at radius 3 is 1.88 bits per heavy atom. The van der Waals surface area contributed by atoms with Crippen LogP contribution in [0.2, 0.25) is 13.3 Å². The Kier molecular flexibility index (Phi) is 11.5. The van der Waals surface area contributed by atoms with E-state index in [1.807, 2.05) is 0 Å². The summed E-state index contributed by atoms with van der Waals surface area (Å²) >= 11 is -2.25. The average molecular weight is 477 g/mol. The van der Waals surface area contributed by atoms with Crippen LogP contribution in [0, 0.1) is 0 Å². The molecule has 0 radical (unpaired) electrons. The van der Waals surface area contributed by atoms with Crippen LogP contribution < -0.4 is 5.73 Å². The van der Waals surface area contributed by atoms with Crippen LogP contribution in [0.1, 0.15) is 72.1 Å². The molecule has 0 bridgehead atoms. The van der Waals surface area contributed by atoms with Gasteiger partial charge in [-0.3, -0.25) is 0 Å². The summed E-state index contributed by atoms with van der Waals surface area (Å²) in [5.74, 6) is 0. The molecule has 0 aromatic carbocycles. The van der Waals surface area contributed by atoms with Gasteiger partial charge in [-0.1, -0.05) is 0 Å². The predicted octanol–water partition coefficient (Wildman–Crippen LogP) is 4.86. The Labute approximate surface area is 164 Å². The minimum atomic E-state index is -2.25. The van der Waals surface area contributed by atoms with Gasteiger partial charge in [0.05, 0.1) is 0 Å². The monoisotopic (exact) mass is 478 g/mol. The predicted molar refractivity (Wildman–Crippen MR) is 111 cm³/mol. The van der Waals surface area contributed by atoms with Gasteiger partial charge in [0.1, 0.15) is 0 Å². The molecule has 6 heteroatoms. The molecular weight excluding hydrogens is 435 g/mol. The zero-order valence-corrected chi connectivity index (χ0v) is 20.2. The van der Waals surface area contributed by atoms with Crippen LogP contribution in [0.3, 0.4) is 0 Å². The fraction of sp³-hybridized carbons (Fsp3) is 0.950. The van der Waals surface area contributed by atoms with E-state index in [1.165, 1.54) is 56.7 Å². The maximum atomic E-state index is 11.1. The van der Waals surface area contributed by atoms with Crippen LogP contribution in [-0.2, 0) is 4.74 Å². The number of nitrogens with zero attached hydrogens (tertiary/aromatic N) is 1. The number of carboxylic acid groups (broad SMARTS) is 1. The number of amides is 1. The molecule has 0 aromatic heterocycles. The molecule has 0 saturated carbocycles. The van der Waals surface area contributed by atoms with Crippen molar-refractivity contribution in [1.29, 1.82) is 0 Å². The van der Waals surface area contributed by atoms with E-state index in [0.29, 0.717) is 32.5 Å². The van der Waals surface area contributed by atoms with Gasteiger partial charge in [-0.2, -0.15) is 0 Å². The molecule has 0 spiro atoms. The molecule has 5 nitrogen and oxygen atoms in total. The Morgan fingerprint density at radius 1 is 1.04 bits per heavy atom. The third-order valence-electron chi connectivity index (χ3n) is 6.01. The minimum absolute atomic E-state index is 0.343. The van der Waals surface area contributed by atoms with E-state index in [-0.39, 0.29) is 5.54 Å². The summed E-state index contributed by atoms with van der Waals surface area (Å²) in [6, 6.07) is 0.